The summed E-state index contributed by atoms with van der Waals surface area (Å²) in [7, 11) is 0. The molecule has 0 aromatic rings. The number of hydrogen-bond donors (Lipinski definition) is 1. The summed E-state index contributed by atoms with van der Waals surface area (Å²) in [6, 6.07) is 0. The Hall–Kier alpha value is -0.510. The molecule has 0 aliphatic carbocycles. The molecular formula is C4H6BrN3. The van der Waals surface area contributed by atoms with E-state index >= 15 is 0 Å². The van der Waals surface area contributed by atoms with Crippen LogP contribution < -0.4 is 5.73 Å². The molecule has 8 heavy (non-hydrogen) atoms. The fraction of sp³-hybridized carbons (Fsp3) is 0.250. The van der Waals surface area contributed by atoms with Gasteiger partial charge in [-0.1, -0.05) is 0 Å². The first-order valence-electron chi connectivity index (χ1n) is 2.19. The molecule has 1 rings (SSSR count). The van der Waals surface area contributed by atoms with E-state index in [9.17, 15) is 0 Å². The molecule has 0 unspecified atom stereocenters. The first-order valence-corrected chi connectivity index (χ1v) is 2.90. The van der Waals surface area contributed by atoms with Crippen molar-refractivity contribution in [2.45, 2.75) is 0 Å². The van der Waals surface area contributed by atoms with E-state index in [4.69, 9.17) is 5.73 Å². The number of aliphatic imine (C=N–C) groups is 1. The molecule has 0 spiro atoms. The second kappa shape index (κ2) is 2.17. The van der Waals surface area contributed by atoms with E-state index in [1.165, 1.54) is 0 Å². The van der Waals surface area contributed by atoms with Crippen LogP contribution in [0.15, 0.2) is 16.9 Å². The summed E-state index contributed by atoms with van der Waals surface area (Å²) in [5.41, 5.74) is 5.43. The minimum absolute atomic E-state index is 0.600. The quantitative estimate of drug-likeness (QED) is 0.544. The lowest BCUT2D eigenvalue weighted by Gasteiger charge is -2.14. The lowest BCUT2D eigenvalue weighted by molar-refractivity contribution is 0.598. The van der Waals surface area contributed by atoms with E-state index < -0.39 is 0 Å². The van der Waals surface area contributed by atoms with E-state index in [2.05, 4.69) is 21.1 Å². The van der Waals surface area contributed by atoms with Gasteiger partial charge in [0.05, 0.1) is 16.1 Å². The third-order valence-electron chi connectivity index (χ3n) is 0.837. The minimum Gasteiger partial charge on any atom is -0.385 e. The van der Waals surface area contributed by atoms with E-state index in [0.717, 1.165) is 0 Å². The Bertz CT molecular complexity index is 140. The normalized spacial score (nSPS) is 18.6. The maximum Gasteiger partial charge on any atom is 0.122 e. The number of nitrogens with zero attached hydrogens (tertiary/aromatic N) is 2. The zero-order chi connectivity index (χ0) is 5.98. The summed E-state index contributed by atoms with van der Waals surface area (Å²) in [4.78, 5) is 3.91. The van der Waals surface area contributed by atoms with Gasteiger partial charge in [0, 0.05) is 6.21 Å². The fourth-order valence-corrected chi connectivity index (χ4v) is 0.658. The van der Waals surface area contributed by atoms with Gasteiger partial charge in [-0.2, -0.15) is 0 Å². The molecule has 3 nitrogen and oxygen atoms in total. The zero-order valence-corrected chi connectivity index (χ0v) is 5.80. The second-order valence-corrected chi connectivity index (χ2v) is 2.28. The van der Waals surface area contributed by atoms with Gasteiger partial charge in [0.15, 0.2) is 0 Å². The second-order valence-electron chi connectivity index (χ2n) is 1.43. The van der Waals surface area contributed by atoms with Crippen LogP contribution in [0.25, 0.3) is 0 Å². The molecule has 0 saturated heterocycles. The van der Waals surface area contributed by atoms with E-state index in [1.807, 2.05) is 0 Å². The van der Waals surface area contributed by atoms with Crippen molar-refractivity contribution in [1.29, 1.82) is 0 Å². The fourth-order valence-electron chi connectivity index (χ4n) is 0.410. The van der Waals surface area contributed by atoms with Gasteiger partial charge in [-0.3, -0.25) is 8.92 Å². The molecule has 0 saturated carbocycles. The van der Waals surface area contributed by atoms with Crippen LogP contribution in [-0.4, -0.2) is 16.8 Å². The lowest BCUT2D eigenvalue weighted by atomic mass is 10.5. The van der Waals surface area contributed by atoms with Crippen molar-refractivity contribution in [1.82, 2.24) is 3.93 Å². The molecule has 1 aliphatic heterocycles. The van der Waals surface area contributed by atoms with Gasteiger partial charge >= 0.3 is 0 Å². The molecular weight excluding hydrogens is 170 g/mol. The first-order chi connectivity index (χ1) is 3.80. The zero-order valence-electron chi connectivity index (χ0n) is 4.21. The van der Waals surface area contributed by atoms with Crippen molar-refractivity contribution >= 4 is 22.4 Å². The Kier molecular flexibility index (Phi) is 1.53. The summed E-state index contributed by atoms with van der Waals surface area (Å²) in [6.07, 6.45) is 3.42. The van der Waals surface area contributed by atoms with Gasteiger partial charge in [0.1, 0.15) is 12.5 Å². The number of rotatable bonds is 0. The monoisotopic (exact) mass is 175 g/mol. The predicted octanol–water partition coefficient (Wildman–Crippen LogP) is 0.440. The Balaban J connectivity index is 2.66. The van der Waals surface area contributed by atoms with Crippen molar-refractivity contribution in [3.05, 3.63) is 11.9 Å². The average Bonchev–Trinajstić information content (AvgIpc) is 1.77. The highest BCUT2D eigenvalue weighted by atomic mass is 79.9. The topological polar surface area (TPSA) is 41.6 Å². The molecule has 44 valence electrons. The maximum atomic E-state index is 5.43. The standard InChI is InChI=1S/C4H6BrN3/c5-8-3-7-2-1-4(8)6/h1-2H,3,6H2. The van der Waals surface area contributed by atoms with Crippen LogP contribution in [0.3, 0.4) is 0 Å². The van der Waals surface area contributed by atoms with Crippen LogP contribution in [0.1, 0.15) is 0 Å². The average molecular weight is 176 g/mol. The molecule has 2 N–H and O–H groups in total. The Labute approximate surface area is 56.2 Å². The van der Waals surface area contributed by atoms with Gasteiger partial charge in [-0.25, -0.2) is 0 Å². The van der Waals surface area contributed by atoms with Crippen molar-refractivity contribution in [2.24, 2.45) is 10.7 Å². The van der Waals surface area contributed by atoms with Crippen LogP contribution in [0.5, 0.6) is 0 Å². The van der Waals surface area contributed by atoms with Crippen LogP contribution >= 0.6 is 16.1 Å². The summed E-state index contributed by atoms with van der Waals surface area (Å²) < 4.78 is 1.69. The van der Waals surface area contributed by atoms with Gasteiger partial charge in [0.2, 0.25) is 0 Å². The number of nitrogens with two attached hydrogens (primary N) is 1. The smallest absolute Gasteiger partial charge is 0.122 e. The van der Waals surface area contributed by atoms with Crippen molar-refractivity contribution in [2.75, 3.05) is 6.67 Å². The number of halogens is 1. The maximum absolute atomic E-state index is 5.43. The summed E-state index contributed by atoms with van der Waals surface area (Å²) >= 11 is 3.18. The molecule has 0 atom stereocenters. The van der Waals surface area contributed by atoms with E-state index in [0.29, 0.717) is 12.5 Å². The molecule has 0 aromatic carbocycles. The van der Waals surface area contributed by atoms with Gasteiger partial charge in [-0.05, 0) is 6.08 Å². The van der Waals surface area contributed by atoms with Crippen LogP contribution in [0, 0.1) is 0 Å². The summed E-state index contributed by atoms with van der Waals surface area (Å²) in [5.74, 6) is 0.694. The Morgan fingerprint density at radius 2 is 2.62 bits per heavy atom. The van der Waals surface area contributed by atoms with Gasteiger partial charge in [-0.15, -0.1) is 0 Å². The highest BCUT2D eigenvalue weighted by Gasteiger charge is 2.00. The molecule has 0 aromatic heterocycles. The first kappa shape index (κ1) is 5.62. The number of hydrogen-bond acceptors (Lipinski definition) is 3. The summed E-state index contributed by atoms with van der Waals surface area (Å²) in [6.45, 7) is 0.600. The van der Waals surface area contributed by atoms with E-state index in [1.54, 1.807) is 16.2 Å². The van der Waals surface area contributed by atoms with Crippen molar-refractivity contribution in [3.63, 3.8) is 0 Å². The lowest BCUT2D eigenvalue weighted by Crippen LogP contribution is -2.20. The molecule has 0 bridgehead atoms. The van der Waals surface area contributed by atoms with Crippen LogP contribution in [-0.2, 0) is 0 Å². The molecule has 0 radical (unpaired) electrons. The SMILES string of the molecule is NC1=CC=NCN1Br. The summed E-state index contributed by atoms with van der Waals surface area (Å²) in [5, 5.41) is 0. The van der Waals surface area contributed by atoms with Gasteiger partial charge < -0.3 is 5.73 Å². The highest BCUT2D eigenvalue weighted by molar-refractivity contribution is 9.07. The molecule has 0 fully saturated rings. The highest BCUT2D eigenvalue weighted by Crippen LogP contribution is 2.05. The van der Waals surface area contributed by atoms with Crippen molar-refractivity contribution < 1.29 is 0 Å². The molecule has 4 heteroatoms. The third-order valence-corrected chi connectivity index (χ3v) is 1.47. The van der Waals surface area contributed by atoms with Crippen LogP contribution in [0.4, 0.5) is 0 Å². The van der Waals surface area contributed by atoms with Crippen LogP contribution in [0.2, 0.25) is 0 Å². The molecule has 0 amide bonds. The van der Waals surface area contributed by atoms with Crippen molar-refractivity contribution in [3.8, 4) is 0 Å². The Morgan fingerprint density at radius 1 is 1.88 bits per heavy atom. The van der Waals surface area contributed by atoms with E-state index in [-0.39, 0.29) is 0 Å². The number of allylic oxidation sites excluding steroid dienone is 1. The largest absolute Gasteiger partial charge is 0.385 e. The third kappa shape index (κ3) is 1.01. The Morgan fingerprint density at radius 3 is 3.00 bits per heavy atom. The molecule has 1 aliphatic rings. The predicted molar refractivity (Wildman–Crippen MR) is 36.4 cm³/mol. The molecule has 1 heterocycles. The minimum atomic E-state index is 0.600. The van der Waals surface area contributed by atoms with Gasteiger partial charge in [0.25, 0.3) is 0 Å².